The van der Waals surface area contributed by atoms with Gasteiger partial charge in [0.25, 0.3) is 0 Å². The molecule has 1 rings (SSSR count). The zero-order valence-electron chi connectivity index (χ0n) is 8.23. The number of aliphatic hydroxyl groups is 1. The molecule has 0 aliphatic carbocycles. The van der Waals surface area contributed by atoms with Crippen LogP contribution in [0.15, 0.2) is 18.3 Å². The van der Waals surface area contributed by atoms with E-state index in [4.69, 9.17) is 0 Å². The molecule has 0 aliphatic rings. The minimum atomic E-state index is -1.13. The Morgan fingerprint density at radius 3 is 3.00 bits per heavy atom. The monoisotopic (exact) mass is 195 g/mol. The molecule has 0 aromatic carbocycles. The summed E-state index contributed by atoms with van der Waals surface area (Å²) in [7, 11) is 1.25. The van der Waals surface area contributed by atoms with Gasteiger partial charge in [0.1, 0.15) is 0 Å². The summed E-state index contributed by atoms with van der Waals surface area (Å²) in [5, 5.41) is 9.35. The molecule has 0 aliphatic heterocycles. The van der Waals surface area contributed by atoms with Gasteiger partial charge in [0.15, 0.2) is 6.10 Å². The molecule has 0 fully saturated rings. The highest BCUT2D eigenvalue weighted by molar-refractivity contribution is 5.74. The predicted octanol–water partition coefficient (Wildman–Crippen LogP) is 0.466. The molecule has 76 valence electrons. The molecule has 0 amide bonds. The highest BCUT2D eigenvalue weighted by Gasteiger charge is 2.16. The summed E-state index contributed by atoms with van der Waals surface area (Å²) in [6, 6.07) is 3.68. The van der Waals surface area contributed by atoms with Gasteiger partial charge in [-0.1, -0.05) is 0 Å². The fraction of sp³-hybridized carbons (Fsp3) is 0.400. The maximum Gasteiger partial charge on any atom is 0.335 e. The molecule has 0 saturated heterocycles. The lowest BCUT2D eigenvalue weighted by Gasteiger charge is -2.07. The first-order chi connectivity index (χ1) is 6.63. The lowest BCUT2D eigenvalue weighted by Crippen LogP contribution is -2.24. The Kier molecular flexibility index (Phi) is 3.59. The Morgan fingerprint density at radius 2 is 2.43 bits per heavy atom. The highest BCUT2D eigenvalue weighted by atomic mass is 16.5. The van der Waals surface area contributed by atoms with E-state index in [9.17, 15) is 9.90 Å². The fourth-order valence-corrected chi connectivity index (χ4v) is 1.13. The number of carbonyl (C=O) groups is 1. The van der Waals surface area contributed by atoms with Crippen LogP contribution in [0.2, 0.25) is 0 Å². The van der Waals surface area contributed by atoms with Crippen molar-refractivity contribution in [3.8, 4) is 0 Å². The van der Waals surface area contributed by atoms with E-state index in [1.165, 1.54) is 7.11 Å². The van der Waals surface area contributed by atoms with E-state index in [0.29, 0.717) is 5.69 Å². The number of aromatic nitrogens is 1. The molecule has 0 saturated carbocycles. The largest absolute Gasteiger partial charge is 0.467 e. The van der Waals surface area contributed by atoms with Crippen molar-refractivity contribution in [2.45, 2.75) is 19.4 Å². The number of ether oxygens (including phenoxy) is 1. The van der Waals surface area contributed by atoms with Crippen LogP contribution >= 0.6 is 0 Å². The standard InChI is InChI=1S/C10H13NO3/c1-7-3-4-11-8(5-7)6-9(12)10(13)14-2/h3-5,9,12H,6H2,1-2H3. The second kappa shape index (κ2) is 4.72. The van der Waals surface area contributed by atoms with Crippen LogP contribution in [0.3, 0.4) is 0 Å². The zero-order valence-corrected chi connectivity index (χ0v) is 8.23. The van der Waals surface area contributed by atoms with Crippen molar-refractivity contribution in [1.82, 2.24) is 4.98 Å². The van der Waals surface area contributed by atoms with Crippen molar-refractivity contribution >= 4 is 5.97 Å². The van der Waals surface area contributed by atoms with Crippen molar-refractivity contribution in [1.29, 1.82) is 0 Å². The molecular weight excluding hydrogens is 182 g/mol. The van der Waals surface area contributed by atoms with Crippen LogP contribution in [-0.4, -0.2) is 29.3 Å². The first-order valence-electron chi connectivity index (χ1n) is 4.31. The normalized spacial score (nSPS) is 12.2. The smallest absolute Gasteiger partial charge is 0.335 e. The summed E-state index contributed by atoms with van der Waals surface area (Å²) in [5.41, 5.74) is 1.73. The number of pyridine rings is 1. The summed E-state index contributed by atoms with van der Waals surface area (Å²) in [5.74, 6) is -0.631. The highest BCUT2D eigenvalue weighted by Crippen LogP contribution is 2.04. The number of hydrogen-bond acceptors (Lipinski definition) is 4. The van der Waals surface area contributed by atoms with Gasteiger partial charge < -0.3 is 9.84 Å². The third kappa shape index (κ3) is 2.81. The second-order valence-corrected chi connectivity index (χ2v) is 3.07. The Labute approximate surface area is 82.5 Å². The van der Waals surface area contributed by atoms with Crippen LogP contribution in [0.1, 0.15) is 11.3 Å². The van der Waals surface area contributed by atoms with Gasteiger partial charge in [-0.3, -0.25) is 4.98 Å². The Morgan fingerprint density at radius 1 is 1.71 bits per heavy atom. The minimum absolute atomic E-state index is 0.189. The average molecular weight is 195 g/mol. The third-order valence-electron chi connectivity index (χ3n) is 1.85. The number of rotatable bonds is 3. The third-order valence-corrected chi connectivity index (χ3v) is 1.85. The summed E-state index contributed by atoms with van der Waals surface area (Å²) in [4.78, 5) is 14.9. The van der Waals surface area contributed by atoms with E-state index in [2.05, 4.69) is 9.72 Å². The number of esters is 1. The molecule has 1 unspecified atom stereocenters. The molecule has 4 heteroatoms. The Bertz CT molecular complexity index is 325. The van der Waals surface area contributed by atoms with E-state index >= 15 is 0 Å². The maximum absolute atomic E-state index is 10.9. The number of aryl methyl sites for hydroxylation is 1. The molecule has 14 heavy (non-hydrogen) atoms. The summed E-state index contributed by atoms with van der Waals surface area (Å²) in [6.07, 6.45) is 0.706. The van der Waals surface area contributed by atoms with Gasteiger partial charge in [0.2, 0.25) is 0 Å². The van der Waals surface area contributed by atoms with E-state index in [0.717, 1.165) is 5.56 Å². The molecular formula is C10H13NO3. The van der Waals surface area contributed by atoms with Gasteiger partial charge >= 0.3 is 5.97 Å². The van der Waals surface area contributed by atoms with Gasteiger partial charge in [0, 0.05) is 18.3 Å². The van der Waals surface area contributed by atoms with Crippen molar-refractivity contribution in [2.75, 3.05) is 7.11 Å². The van der Waals surface area contributed by atoms with Crippen molar-refractivity contribution in [3.63, 3.8) is 0 Å². The van der Waals surface area contributed by atoms with E-state index in [1.54, 1.807) is 6.20 Å². The van der Waals surface area contributed by atoms with Gasteiger partial charge in [-0.15, -0.1) is 0 Å². The van der Waals surface area contributed by atoms with E-state index in [-0.39, 0.29) is 6.42 Å². The Hall–Kier alpha value is -1.42. The van der Waals surface area contributed by atoms with Gasteiger partial charge in [0.05, 0.1) is 7.11 Å². The number of carbonyl (C=O) groups excluding carboxylic acids is 1. The van der Waals surface area contributed by atoms with Crippen LogP contribution in [0, 0.1) is 6.92 Å². The molecule has 4 nitrogen and oxygen atoms in total. The zero-order chi connectivity index (χ0) is 10.6. The van der Waals surface area contributed by atoms with Crippen LogP contribution in [0.4, 0.5) is 0 Å². The molecule has 0 spiro atoms. The van der Waals surface area contributed by atoms with Crippen LogP contribution in [0.25, 0.3) is 0 Å². The molecule has 1 aromatic rings. The van der Waals surface area contributed by atoms with E-state index in [1.807, 2.05) is 19.1 Å². The molecule has 0 bridgehead atoms. The van der Waals surface area contributed by atoms with Gasteiger partial charge in [-0.05, 0) is 24.6 Å². The number of hydrogen-bond donors (Lipinski definition) is 1. The summed E-state index contributed by atoms with van der Waals surface area (Å²) >= 11 is 0. The first-order valence-corrected chi connectivity index (χ1v) is 4.31. The lowest BCUT2D eigenvalue weighted by atomic mass is 10.1. The maximum atomic E-state index is 10.9. The summed E-state index contributed by atoms with van der Waals surface area (Å²) in [6.45, 7) is 1.93. The fourth-order valence-electron chi connectivity index (χ4n) is 1.13. The van der Waals surface area contributed by atoms with Gasteiger partial charge in [-0.25, -0.2) is 4.79 Å². The molecule has 1 heterocycles. The predicted molar refractivity (Wildman–Crippen MR) is 50.7 cm³/mol. The van der Waals surface area contributed by atoms with E-state index < -0.39 is 12.1 Å². The van der Waals surface area contributed by atoms with Crippen molar-refractivity contribution in [3.05, 3.63) is 29.6 Å². The second-order valence-electron chi connectivity index (χ2n) is 3.07. The SMILES string of the molecule is COC(=O)C(O)Cc1cc(C)ccn1. The number of nitrogens with zero attached hydrogens (tertiary/aromatic N) is 1. The van der Waals surface area contributed by atoms with Crippen LogP contribution in [0.5, 0.6) is 0 Å². The first kappa shape index (κ1) is 10.7. The average Bonchev–Trinajstić information content (AvgIpc) is 2.16. The van der Waals surface area contributed by atoms with Gasteiger partial charge in [-0.2, -0.15) is 0 Å². The lowest BCUT2D eigenvalue weighted by molar-refractivity contribution is -0.150. The van der Waals surface area contributed by atoms with Crippen LogP contribution < -0.4 is 0 Å². The van der Waals surface area contributed by atoms with Crippen molar-refractivity contribution in [2.24, 2.45) is 0 Å². The topological polar surface area (TPSA) is 59.4 Å². The minimum Gasteiger partial charge on any atom is -0.467 e. The molecule has 0 radical (unpaired) electrons. The quantitative estimate of drug-likeness (QED) is 0.712. The Balaban J connectivity index is 2.64. The summed E-state index contributed by atoms with van der Waals surface area (Å²) < 4.78 is 4.40. The molecule has 1 N–H and O–H groups in total. The number of aliphatic hydroxyl groups excluding tert-OH is 1. The van der Waals surface area contributed by atoms with Crippen LogP contribution in [-0.2, 0) is 16.0 Å². The molecule has 1 aromatic heterocycles. The number of methoxy groups -OCH3 is 1. The molecule has 1 atom stereocenters. The van der Waals surface area contributed by atoms with Crippen molar-refractivity contribution < 1.29 is 14.6 Å².